The van der Waals surface area contributed by atoms with Gasteiger partial charge in [-0.25, -0.2) is 0 Å². The number of benzene rings is 1. The van der Waals surface area contributed by atoms with E-state index in [9.17, 15) is 4.79 Å². The molecule has 1 aliphatic rings. The zero-order chi connectivity index (χ0) is 18.2. The third kappa shape index (κ3) is 5.28. The fraction of sp³-hybridized carbons (Fsp3) is 0.476. The van der Waals surface area contributed by atoms with Gasteiger partial charge in [0.1, 0.15) is 23.9 Å². The van der Waals surface area contributed by atoms with Gasteiger partial charge >= 0.3 is 0 Å². The first kappa shape index (κ1) is 18.4. The maximum Gasteiger partial charge on any atom is 0.287 e. The summed E-state index contributed by atoms with van der Waals surface area (Å²) in [6.07, 6.45) is 7.01. The van der Waals surface area contributed by atoms with E-state index in [0.717, 1.165) is 24.3 Å². The van der Waals surface area contributed by atoms with Crippen LogP contribution in [0, 0.1) is 0 Å². The van der Waals surface area contributed by atoms with Gasteiger partial charge in [0.2, 0.25) is 0 Å². The van der Waals surface area contributed by atoms with Gasteiger partial charge in [-0.05, 0) is 56.2 Å². The largest absolute Gasteiger partial charge is 0.494 e. The molecule has 0 radical (unpaired) electrons. The van der Waals surface area contributed by atoms with Gasteiger partial charge in [-0.3, -0.25) is 4.79 Å². The van der Waals surface area contributed by atoms with Crippen LogP contribution in [0.25, 0.3) is 0 Å². The Balaban J connectivity index is 1.49. The molecule has 140 valence electrons. The second-order valence-corrected chi connectivity index (χ2v) is 6.62. The Morgan fingerprint density at radius 2 is 1.65 bits per heavy atom. The van der Waals surface area contributed by atoms with Crippen LogP contribution in [0.1, 0.15) is 61.8 Å². The summed E-state index contributed by atoms with van der Waals surface area (Å²) >= 11 is 0. The molecule has 0 bridgehead atoms. The van der Waals surface area contributed by atoms with Crippen LogP contribution in [0.15, 0.2) is 40.8 Å². The van der Waals surface area contributed by atoms with E-state index in [2.05, 4.69) is 5.32 Å². The molecule has 1 amide bonds. The molecule has 1 heterocycles. The minimum atomic E-state index is -0.135. The van der Waals surface area contributed by atoms with Crippen LogP contribution in [0.2, 0.25) is 0 Å². The van der Waals surface area contributed by atoms with Crippen molar-refractivity contribution in [2.24, 2.45) is 0 Å². The van der Waals surface area contributed by atoms with Crippen molar-refractivity contribution in [3.8, 4) is 11.5 Å². The molecule has 1 aromatic heterocycles. The molecule has 3 rings (SSSR count). The smallest absolute Gasteiger partial charge is 0.287 e. The number of carbonyl (C=O) groups is 1. The molecule has 5 nitrogen and oxygen atoms in total. The molecular formula is C21H27NO4. The highest BCUT2D eigenvalue weighted by atomic mass is 16.5. The van der Waals surface area contributed by atoms with Gasteiger partial charge in [0, 0.05) is 6.04 Å². The molecule has 0 unspecified atom stereocenters. The normalized spacial score (nSPS) is 15.3. The SMILES string of the molecule is CCOc1ccc(OCc2ccc(C(=O)NC3CCCCCC3)o2)cc1. The summed E-state index contributed by atoms with van der Waals surface area (Å²) in [6, 6.07) is 11.2. The van der Waals surface area contributed by atoms with E-state index in [1.807, 2.05) is 31.2 Å². The van der Waals surface area contributed by atoms with Crippen molar-refractivity contribution in [3.63, 3.8) is 0 Å². The minimum Gasteiger partial charge on any atom is -0.494 e. The molecule has 1 fully saturated rings. The van der Waals surface area contributed by atoms with E-state index < -0.39 is 0 Å². The number of ether oxygens (including phenoxy) is 2. The summed E-state index contributed by atoms with van der Waals surface area (Å²) in [5.41, 5.74) is 0. The van der Waals surface area contributed by atoms with Crippen LogP contribution in [0.3, 0.4) is 0 Å². The molecule has 2 aromatic rings. The predicted molar refractivity (Wildman–Crippen MR) is 99.6 cm³/mol. The maximum absolute atomic E-state index is 12.4. The Hall–Kier alpha value is -2.43. The van der Waals surface area contributed by atoms with Crippen LogP contribution in [-0.4, -0.2) is 18.6 Å². The molecule has 0 aliphatic heterocycles. The monoisotopic (exact) mass is 357 g/mol. The summed E-state index contributed by atoms with van der Waals surface area (Å²) in [5, 5.41) is 3.09. The average Bonchev–Trinajstić information content (AvgIpc) is 2.99. The van der Waals surface area contributed by atoms with E-state index in [-0.39, 0.29) is 18.6 Å². The number of hydrogen-bond donors (Lipinski definition) is 1. The predicted octanol–water partition coefficient (Wildman–Crippen LogP) is 4.71. The number of hydrogen-bond acceptors (Lipinski definition) is 4. The van der Waals surface area contributed by atoms with Crippen molar-refractivity contribution in [1.29, 1.82) is 0 Å². The Labute approximate surface area is 154 Å². The van der Waals surface area contributed by atoms with Crippen molar-refractivity contribution in [2.75, 3.05) is 6.61 Å². The van der Waals surface area contributed by atoms with Crippen LogP contribution in [0.5, 0.6) is 11.5 Å². The van der Waals surface area contributed by atoms with Gasteiger partial charge in [-0.1, -0.05) is 25.7 Å². The second kappa shape index (κ2) is 9.32. The lowest BCUT2D eigenvalue weighted by molar-refractivity contribution is 0.0901. The van der Waals surface area contributed by atoms with Crippen LogP contribution in [0.4, 0.5) is 0 Å². The van der Waals surface area contributed by atoms with Crippen molar-refractivity contribution < 1.29 is 18.7 Å². The van der Waals surface area contributed by atoms with Gasteiger partial charge in [-0.15, -0.1) is 0 Å². The van der Waals surface area contributed by atoms with Crippen LogP contribution >= 0.6 is 0 Å². The molecular weight excluding hydrogens is 330 g/mol. The third-order valence-electron chi connectivity index (χ3n) is 4.59. The Kier molecular flexibility index (Phi) is 6.58. The van der Waals surface area contributed by atoms with E-state index in [1.165, 1.54) is 25.7 Å². The lowest BCUT2D eigenvalue weighted by Gasteiger charge is -2.15. The summed E-state index contributed by atoms with van der Waals surface area (Å²) < 4.78 is 16.7. The van der Waals surface area contributed by atoms with Crippen LogP contribution < -0.4 is 14.8 Å². The summed E-state index contributed by atoms with van der Waals surface area (Å²) in [7, 11) is 0. The lowest BCUT2D eigenvalue weighted by Crippen LogP contribution is -2.34. The Morgan fingerprint density at radius 3 is 2.31 bits per heavy atom. The quantitative estimate of drug-likeness (QED) is 0.729. The lowest BCUT2D eigenvalue weighted by atomic mass is 10.1. The molecule has 1 saturated carbocycles. The maximum atomic E-state index is 12.4. The number of nitrogens with one attached hydrogen (secondary N) is 1. The van der Waals surface area contributed by atoms with Gasteiger partial charge in [0.15, 0.2) is 5.76 Å². The highest BCUT2D eigenvalue weighted by Crippen LogP contribution is 2.20. The summed E-state index contributed by atoms with van der Waals surface area (Å²) in [5.74, 6) is 2.39. The topological polar surface area (TPSA) is 60.7 Å². The molecule has 1 aromatic carbocycles. The minimum absolute atomic E-state index is 0.135. The molecule has 1 N–H and O–H groups in total. The summed E-state index contributed by atoms with van der Waals surface area (Å²) in [6.45, 7) is 2.87. The van der Waals surface area contributed by atoms with Gasteiger partial charge in [0.25, 0.3) is 5.91 Å². The highest BCUT2D eigenvalue weighted by Gasteiger charge is 2.18. The first-order chi connectivity index (χ1) is 12.7. The molecule has 0 atom stereocenters. The molecule has 26 heavy (non-hydrogen) atoms. The highest BCUT2D eigenvalue weighted by molar-refractivity contribution is 5.91. The zero-order valence-corrected chi connectivity index (χ0v) is 15.3. The zero-order valence-electron chi connectivity index (χ0n) is 15.3. The molecule has 0 spiro atoms. The number of amides is 1. The van der Waals surface area contributed by atoms with E-state index in [1.54, 1.807) is 12.1 Å². The second-order valence-electron chi connectivity index (χ2n) is 6.62. The van der Waals surface area contributed by atoms with Gasteiger partial charge in [-0.2, -0.15) is 0 Å². The number of furan rings is 1. The van der Waals surface area contributed by atoms with Crippen molar-refractivity contribution >= 4 is 5.91 Å². The first-order valence-corrected chi connectivity index (χ1v) is 9.50. The molecule has 5 heteroatoms. The number of rotatable bonds is 7. The first-order valence-electron chi connectivity index (χ1n) is 9.50. The fourth-order valence-electron chi connectivity index (χ4n) is 3.21. The fourth-order valence-corrected chi connectivity index (χ4v) is 3.21. The molecule has 1 aliphatic carbocycles. The van der Waals surface area contributed by atoms with E-state index >= 15 is 0 Å². The third-order valence-corrected chi connectivity index (χ3v) is 4.59. The Morgan fingerprint density at radius 1 is 1.00 bits per heavy atom. The summed E-state index contributed by atoms with van der Waals surface area (Å²) in [4.78, 5) is 12.4. The van der Waals surface area contributed by atoms with Gasteiger partial charge < -0.3 is 19.2 Å². The standard InChI is InChI=1S/C21H27NO4/c1-2-24-17-9-11-18(12-10-17)25-15-19-13-14-20(26-19)21(23)22-16-7-5-3-4-6-8-16/h9-14,16H,2-8,15H2,1H3,(H,22,23). The van der Waals surface area contributed by atoms with Crippen molar-refractivity contribution in [3.05, 3.63) is 47.9 Å². The number of carbonyl (C=O) groups excluding carboxylic acids is 1. The van der Waals surface area contributed by atoms with E-state index in [4.69, 9.17) is 13.9 Å². The average molecular weight is 357 g/mol. The van der Waals surface area contributed by atoms with Crippen molar-refractivity contribution in [2.45, 2.75) is 58.1 Å². The van der Waals surface area contributed by atoms with Crippen molar-refractivity contribution in [1.82, 2.24) is 5.32 Å². The van der Waals surface area contributed by atoms with E-state index in [0.29, 0.717) is 18.1 Å². The Bertz CT molecular complexity index is 684. The molecule has 0 saturated heterocycles. The van der Waals surface area contributed by atoms with Gasteiger partial charge in [0.05, 0.1) is 6.61 Å². The van der Waals surface area contributed by atoms with Crippen LogP contribution in [-0.2, 0) is 6.61 Å².